The Morgan fingerprint density at radius 2 is 2.35 bits per heavy atom. The Morgan fingerprint density at radius 3 is 2.94 bits per heavy atom. The summed E-state index contributed by atoms with van der Waals surface area (Å²) in [7, 11) is 0. The SMILES string of the molecule is Cc1csc(CNC(=O)Nc2cc(C)on2)n1. The lowest BCUT2D eigenvalue weighted by Crippen LogP contribution is -2.28. The molecule has 0 aliphatic rings. The van der Waals surface area contributed by atoms with E-state index in [1.54, 1.807) is 13.0 Å². The number of anilines is 1. The molecule has 0 bridgehead atoms. The van der Waals surface area contributed by atoms with E-state index in [0.717, 1.165) is 10.7 Å². The Morgan fingerprint density at radius 1 is 1.53 bits per heavy atom. The lowest BCUT2D eigenvalue weighted by molar-refractivity contribution is 0.251. The van der Waals surface area contributed by atoms with E-state index in [4.69, 9.17) is 4.52 Å². The molecule has 17 heavy (non-hydrogen) atoms. The van der Waals surface area contributed by atoms with Crippen molar-refractivity contribution in [3.63, 3.8) is 0 Å². The number of aryl methyl sites for hydroxylation is 2. The summed E-state index contributed by atoms with van der Waals surface area (Å²) in [5.41, 5.74) is 0.958. The fourth-order valence-electron chi connectivity index (χ4n) is 1.23. The maximum absolute atomic E-state index is 11.5. The van der Waals surface area contributed by atoms with Gasteiger partial charge in [-0.1, -0.05) is 5.16 Å². The highest BCUT2D eigenvalue weighted by Gasteiger charge is 2.06. The van der Waals surface area contributed by atoms with Gasteiger partial charge in [0.1, 0.15) is 10.8 Å². The number of carbonyl (C=O) groups is 1. The van der Waals surface area contributed by atoms with Gasteiger partial charge in [0, 0.05) is 17.1 Å². The average Bonchev–Trinajstić information content (AvgIpc) is 2.85. The Hall–Kier alpha value is -1.89. The zero-order valence-corrected chi connectivity index (χ0v) is 10.3. The standard InChI is InChI=1S/C10H12N4O2S/c1-6-5-17-9(12-6)4-11-10(15)13-8-3-7(2)16-14-8/h3,5H,4H2,1-2H3,(H2,11,13,14,15). The zero-order valence-electron chi connectivity index (χ0n) is 9.48. The maximum Gasteiger partial charge on any atom is 0.320 e. The Bertz CT molecular complexity index is 520. The third kappa shape index (κ3) is 3.28. The molecule has 2 rings (SSSR count). The van der Waals surface area contributed by atoms with Gasteiger partial charge in [-0.15, -0.1) is 11.3 Å². The van der Waals surface area contributed by atoms with Gasteiger partial charge in [0.2, 0.25) is 0 Å². The van der Waals surface area contributed by atoms with E-state index in [2.05, 4.69) is 20.8 Å². The third-order valence-corrected chi connectivity index (χ3v) is 2.90. The van der Waals surface area contributed by atoms with Gasteiger partial charge in [-0.2, -0.15) is 0 Å². The molecule has 0 aliphatic heterocycles. The first kappa shape index (κ1) is 11.6. The topological polar surface area (TPSA) is 80.0 Å². The van der Waals surface area contributed by atoms with Crippen LogP contribution in [0, 0.1) is 13.8 Å². The smallest absolute Gasteiger partial charge is 0.320 e. The molecule has 0 aliphatic carbocycles. The minimum absolute atomic E-state index is 0.328. The summed E-state index contributed by atoms with van der Waals surface area (Å²) in [4.78, 5) is 15.7. The van der Waals surface area contributed by atoms with Crippen molar-refractivity contribution in [3.05, 3.63) is 27.9 Å². The molecule has 0 spiro atoms. The van der Waals surface area contributed by atoms with E-state index in [0.29, 0.717) is 18.1 Å². The quantitative estimate of drug-likeness (QED) is 0.876. The number of hydrogen-bond donors (Lipinski definition) is 2. The third-order valence-electron chi connectivity index (χ3n) is 1.94. The molecule has 0 saturated carbocycles. The second-order valence-electron chi connectivity index (χ2n) is 3.51. The van der Waals surface area contributed by atoms with Gasteiger partial charge in [0.15, 0.2) is 5.82 Å². The van der Waals surface area contributed by atoms with E-state index in [1.165, 1.54) is 11.3 Å². The Balaban J connectivity index is 1.82. The van der Waals surface area contributed by atoms with Crippen LogP contribution in [0.25, 0.3) is 0 Å². The second kappa shape index (κ2) is 4.96. The molecule has 0 unspecified atom stereocenters. The number of aromatic nitrogens is 2. The van der Waals surface area contributed by atoms with E-state index in [9.17, 15) is 4.79 Å². The van der Waals surface area contributed by atoms with Gasteiger partial charge in [0.25, 0.3) is 0 Å². The van der Waals surface area contributed by atoms with Gasteiger partial charge in [-0.25, -0.2) is 9.78 Å². The molecule has 0 saturated heterocycles. The molecule has 2 aromatic rings. The van der Waals surface area contributed by atoms with Gasteiger partial charge >= 0.3 is 6.03 Å². The van der Waals surface area contributed by atoms with Crippen LogP contribution in [0.4, 0.5) is 10.6 Å². The molecule has 6 nitrogen and oxygen atoms in total. The van der Waals surface area contributed by atoms with E-state index >= 15 is 0 Å². The first-order chi connectivity index (χ1) is 8.13. The van der Waals surface area contributed by atoms with Crippen molar-refractivity contribution in [2.75, 3.05) is 5.32 Å². The summed E-state index contributed by atoms with van der Waals surface area (Å²) < 4.78 is 4.83. The van der Waals surface area contributed by atoms with Crippen molar-refractivity contribution in [2.45, 2.75) is 20.4 Å². The molecule has 2 aromatic heterocycles. The number of rotatable bonds is 3. The number of nitrogens with one attached hydrogen (secondary N) is 2. The van der Waals surface area contributed by atoms with Crippen molar-refractivity contribution in [3.8, 4) is 0 Å². The van der Waals surface area contributed by atoms with Gasteiger partial charge < -0.3 is 9.84 Å². The summed E-state index contributed by atoms with van der Waals surface area (Å²) in [5.74, 6) is 1.05. The minimum Gasteiger partial charge on any atom is -0.360 e. The number of nitrogens with zero attached hydrogens (tertiary/aromatic N) is 2. The predicted octanol–water partition coefficient (Wildman–Crippen LogP) is 2.07. The molecule has 2 N–H and O–H groups in total. The lowest BCUT2D eigenvalue weighted by atomic mass is 10.5. The molecule has 7 heteroatoms. The van der Waals surface area contributed by atoms with Crippen LogP contribution in [0.1, 0.15) is 16.5 Å². The van der Waals surface area contributed by atoms with Crippen LogP contribution in [0.2, 0.25) is 0 Å². The Kier molecular flexibility index (Phi) is 3.38. The van der Waals surface area contributed by atoms with Gasteiger partial charge in [-0.3, -0.25) is 5.32 Å². The van der Waals surface area contributed by atoms with Crippen LogP contribution in [0.5, 0.6) is 0 Å². The highest BCUT2D eigenvalue weighted by Crippen LogP contribution is 2.09. The summed E-state index contributed by atoms with van der Waals surface area (Å²) in [6, 6.07) is 1.32. The van der Waals surface area contributed by atoms with Crippen LogP contribution < -0.4 is 10.6 Å². The molecule has 2 heterocycles. The second-order valence-corrected chi connectivity index (χ2v) is 4.46. The largest absolute Gasteiger partial charge is 0.360 e. The highest BCUT2D eigenvalue weighted by molar-refractivity contribution is 7.09. The minimum atomic E-state index is -0.328. The molecule has 2 amide bonds. The van der Waals surface area contributed by atoms with Gasteiger partial charge in [-0.05, 0) is 13.8 Å². The molecule has 0 radical (unpaired) electrons. The number of amides is 2. The molecule has 90 valence electrons. The van der Waals surface area contributed by atoms with Crippen molar-refractivity contribution in [1.29, 1.82) is 0 Å². The van der Waals surface area contributed by atoms with Crippen molar-refractivity contribution >= 4 is 23.2 Å². The molecular formula is C10H12N4O2S. The average molecular weight is 252 g/mol. The van der Waals surface area contributed by atoms with E-state index in [1.807, 2.05) is 12.3 Å². The molecule has 0 atom stereocenters. The summed E-state index contributed by atoms with van der Waals surface area (Å²) in [5, 5.41) is 11.7. The van der Waals surface area contributed by atoms with E-state index in [-0.39, 0.29) is 6.03 Å². The zero-order chi connectivity index (χ0) is 12.3. The summed E-state index contributed by atoms with van der Waals surface area (Å²) in [6.45, 7) is 4.08. The molecule has 0 fully saturated rings. The number of urea groups is 1. The van der Waals surface area contributed by atoms with Crippen LogP contribution in [0.15, 0.2) is 16.0 Å². The lowest BCUT2D eigenvalue weighted by Gasteiger charge is -2.02. The first-order valence-corrected chi connectivity index (χ1v) is 5.90. The fourth-order valence-corrected chi connectivity index (χ4v) is 1.94. The van der Waals surface area contributed by atoms with E-state index < -0.39 is 0 Å². The summed E-state index contributed by atoms with van der Waals surface area (Å²) >= 11 is 1.51. The predicted molar refractivity (Wildman–Crippen MR) is 63.9 cm³/mol. The van der Waals surface area contributed by atoms with Gasteiger partial charge in [0.05, 0.1) is 6.54 Å². The van der Waals surface area contributed by atoms with Crippen molar-refractivity contribution in [1.82, 2.24) is 15.5 Å². The summed E-state index contributed by atoms with van der Waals surface area (Å²) in [6.07, 6.45) is 0. The van der Waals surface area contributed by atoms with Crippen LogP contribution >= 0.6 is 11.3 Å². The van der Waals surface area contributed by atoms with Crippen LogP contribution in [-0.4, -0.2) is 16.2 Å². The molecule has 0 aromatic carbocycles. The van der Waals surface area contributed by atoms with Crippen molar-refractivity contribution < 1.29 is 9.32 Å². The Labute approximate surface area is 102 Å². The van der Waals surface area contributed by atoms with Crippen molar-refractivity contribution in [2.24, 2.45) is 0 Å². The molecular weight excluding hydrogens is 240 g/mol. The number of carbonyl (C=O) groups excluding carboxylic acids is 1. The monoisotopic (exact) mass is 252 g/mol. The maximum atomic E-state index is 11.5. The highest BCUT2D eigenvalue weighted by atomic mass is 32.1. The number of thiazole rings is 1. The first-order valence-electron chi connectivity index (χ1n) is 5.02. The van der Waals surface area contributed by atoms with Crippen LogP contribution in [-0.2, 0) is 6.54 Å². The number of hydrogen-bond acceptors (Lipinski definition) is 5. The fraction of sp³-hybridized carbons (Fsp3) is 0.300. The normalized spacial score (nSPS) is 10.2. The van der Waals surface area contributed by atoms with Crippen LogP contribution in [0.3, 0.4) is 0 Å².